The molecule has 0 bridgehead atoms. The number of urea groups is 1. The van der Waals surface area contributed by atoms with Crippen molar-refractivity contribution >= 4 is 6.03 Å². The molecular weight excluding hydrogens is 432 g/mol. The van der Waals surface area contributed by atoms with Crippen LogP contribution in [0.25, 0.3) is 0 Å². The molecule has 0 spiro atoms. The van der Waals surface area contributed by atoms with Crippen molar-refractivity contribution in [3.8, 4) is 0 Å². The summed E-state index contributed by atoms with van der Waals surface area (Å²) >= 11 is 0. The van der Waals surface area contributed by atoms with Gasteiger partial charge in [-0.25, -0.2) is 4.79 Å². The van der Waals surface area contributed by atoms with Gasteiger partial charge in [-0.1, -0.05) is 118 Å². The minimum Gasteiger partial charge on any atom is -0.338 e. The molecule has 2 unspecified atom stereocenters. The fourth-order valence-corrected chi connectivity index (χ4v) is 4.63. The molecule has 0 aromatic heterocycles. The van der Waals surface area contributed by atoms with E-state index in [2.05, 4.69) is 49.0 Å². The third-order valence-electron chi connectivity index (χ3n) is 7.39. The van der Waals surface area contributed by atoms with Crippen molar-refractivity contribution in [1.29, 1.82) is 0 Å². The highest BCUT2D eigenvalue weighted by atomic mass is 16.2. The van der Waals surface area contributed by atoms with E-state index in [4.69, 9.17) is 0 Å². The highest BCUT2D eigenvalue weighted by Gasteiger charge is 2.07. The lowest BCUT2D eigenvalue weighted by atomic mass is 9.99. The lowest BCUT2D eigenvalue weighted by Gasteiger charge is -2.15. The summed E-state index contributed by atoms with van der Waals surface area (Å²) in [6.07, 6.45) is 23.3. The van der Waals surface area contributed by atoms with E-state index >= 15 is 0 Å². The Hall–Kier alpha value is -0.810. The molecule has 0 aromatic carbocycles. The van der Waals surface area contributed by atoms with Gasteiger partial charge in [0.05, 0.1) is 0 Å². The first kappa shape index (κ1) is 34.2. The summed E-state index contributed by atoms with van der Waals surface area (Å²) in [6, 6.07) is 0.0129. The fraction of sp³-hybridized carbons (Fsp3) is 0.967. The van der Waals surface area contributed by atoms with Gasteiger partial charge in [0.15, 0.2) is 0 Å². The lowest BCUT2D eigenvalue weighted by molar-refractivity contribution is 0.238. The highest BCUT2D eigenvalue weighted by molar-refractivity contribution is 5.73. The quantitative estimate of drug-likeness (QED) is 0.0694. The molecule has 0 radical (unpaired) electrons. The molecular formula is C30H64N4O. The fourth-order valence-electron chi connectivity index (χ4n) is 4.63. The summed E-state index contributed by atoms with van der Waals surface area (Å²) in [5.41, 5.74) is 0. The molecule has 0 aliphatic rings. The summed E-state index contributed by atoms with van der Waals surface area (Å²) in [4.78, 5) is 11.9. The van der Waals surface area contributed by atoms with Crippen molar-refractivity contribution in [2.24, 2.45) is 11.8 Å². The molecule has 0 aliphatic heterocycles. The van der Waals surface area contributed by atoms with Crippen LogP contribution in [0.5, 0.6) is 0 Å². The Morgan fingerprint density at radius 3 is 1.54 bits per heavy atom. The van der Waals surface area contributed by atoms with E-state index < -0.39 is 0 Å². The standard InChI is InChI=1S/C30H64N4O/c1-5-9-21-28(7-3)25-32-27-31-23-19-17-15-13-11-12-14-16-18-20-24-33-30(35)34-26-29(8-4)22-10-6-2/h28-29,31-32H,5-27H2,1-4H3,(H2,33,34,35). The van der Waals surface area contributed by atoms with Gasteiger partial charge < -0.3 is 21.3 Å². The number of carbonyl (C=O) groups is 1. The minimum absolute atomic E-state index is 0.0129. The summed E-state index contributed by atoms with van der Waals surface area (Å²) in [6.45, 7) is 13.9. The second kappa shape index (κ2) is 27.8. The maximum absolute atomic E-state index is 11.9. The zero-order valence-corrected chi connectivity index (χ0v) is 24.3. The Morgan fingerprint density at radius 1 is 0.543 bits per heavy atom. The van der Waals surface area contributed by atoms with Crippen LogP contribution in [0.4, 0.5) is 4.79 Å². The van der Waals surface area contributed by atoms with Crippen molar-refractivity contribution < 1.29 is 4.79 Å². The third kappa shape index (κ3) is 24.7. The van der Waals surface area contributed by atoms with Gasteiger partial charge in [0.25, 0.3) is 0 Å². The van der Waals surface area contributed by atoms with Crippen LogP contribution in [0.3, 0.4) is 0 Å². The first-order valence-electron chi connectivity index (χ1n) is 15.6. The number of amides is 2. The van der Waals surface area contributed by atoms with Gasteiger partial charge in [0.2, 0.25) is 0 Å². The van der Waals surface area contributed by atoms with Crippen molar-refractivity contribution in [3.63, 3.8) is 0 Å². The van der Waals surface area contributed by atoms with Gasteiger partial charge in [-0.3, -0.25) is 0 Å². The Morgan fingerprint density at radius 2 is 1.03 bits per heavy atom. The van der Waals surface area contributed by atoms with Crippen LogP contribution in [0.1, 0.15) is 143 Å². The van der Waals surface area contributed by atoms with Crippen molar-refractivity contribution in [1.82, 2.24) is 21.3 Å². The van der Waals surface area contributed by atoms with Crippen LogP contribution >= 0.6 is 0 Å². The summed E-state index contributed by atoms with van der Waals surface area (Å²) in [7, 11) is 0. The molecule has 0 saturated heterocycles. The topological polar surface area (TPSA) is 65.2 Å². The number of rotatable bonds is 27. The van der Waals surface area contributed by atoms with Crippen molar-refractivity contribution in [2.45, 2.75) is 143 Å². The molecule has 0 heterocycles. The van der Waals surface area contributed by atoms with Crippen molar-refractivity contribution in [3.05, 3.63) is 0 Å². The lowest BCUT2D eigenvalue weighted by Crippen LogP contribution is -2.38. The maximum Gasteiger partial charge on any atom is 0.314 e. The highest BCUT2D eigenvalue weighted by Crippen LogP contribution is 2.12. The molecule has 0 aliphatic carbocycles. The largest absolute Gasteiger partial charge is 0.338 e. The van der Waals surface area contributed by atoms with Crippen LogP contribution in [-0.2, 0) is 0 Å². The second-order valence-corrected chi connectivity index (χ2v) is 10.6. The van der Waals surface area contributed by atoms with Gasteiger partial charge in [-0.2, -0.15) is 0 Å². The molecule has 0 saturated carbocycles. The van der Waals surface area contributed by atoms with Crippen LogP contribution in [0.15, 0.2) is 0 Å². The average molecular weight is 497 g/mol. The van der Waals surface area contributed by atoms with Gasteiger partial charge in [-0.05, 0) is 50.6 Å². The van der Waals surface area contributed by atoms with E-state index in [1.165, 1.54) is 103 Å². The molecule has 4 N–H and O–H groups in total. The summed E-state index contributed by atoms with van der Waals surface area (Å²) in [5.74, 6) is 1.47. The smallest absolute Gasteiger partial charge is 0.314 e. The van der Waals surface area contributed by atoms with Crippen LogP contribution in [-0.4, -0.2) is 38.9 Å². The van der Waals surface area contributed by atoms with Gasteiger partial charge in [0.1, 0.15) is 0 Å². The molecule has 5 nitrogen and oxygen atoms in total. The van der Waals surface area contributed by atoms with E-state index in [0.29, 0.717) is 5.92 Å². The number of carbonyl (C=O) groups excluding carboxylic acids is 1. The van der Waals surface area contributed by atoms with Gasteiger partial charge >= 0.3 is 6.03 Å². The summed E-state index contributed by atoms with van der Waals surface area (Å²) < 4.78 is 0. The Bertz CT molecular complexity index is 433. The number of nitrogens with one attached hydrogen (secondary N) is 4. The Labute approximate surface area is 220 Å². The molecule has 210 valence electrons. The minimum atomic E-state index is 0.0129. The first-order chi connectivity index (χ1) is 17.2. The third-order valence-corrected chi connectivity index (χ3v) is 7.39. The molecule has 2 amide bonds. The Kier molecular flexibility index (Phi) is 27.1. The predicted molar refractivity (Wildman–Crippen MR) is 155 cm³/mol. The number of unbranched alkanes of at least 4 members (excludes halogenated alkanes) is 11. The Balaban J connectivity index is 3.30. The monoisotopic (exact) mass is 497 g/mol. The van der Waals surface area contributed by atoms with E-state index in [0.717, 1.165) is 51.6 Å². The number of hydrogen-bond donors (Lipinski definition) is 4. The molecule has 35 heavy (non-hydrogen) atoms. The molecule has 0 fully saturated rings. The molecule has 0 rings (SSSR count). The first-order valence-corrected chi connectivity index (χ1v) is 15.6. The molecule has 0 aromatic rings. The van der Waals surface area contributed by atoms with E-state index in [1.54, 1.807) is 0 Å². The number of hydrogen-bond acceptors (Lipinski definition) is 3. The summed E-state index contributed by atoms with van der Waals surface area (Å²) in [5, 5.41) is 13.2. The zero-order chi connectivity index (χ0) is 25.8. The zero-order valence-electron chi connectivity index (χ0n) is 24.3. The van der Waals surface area contributed by atoms with Crippen molar-refractivity contribution in [2.75, 3.05) is 32.8 Å². The molecule has 5 heteroatoms. The van der Waals surface area contributed by atoms with Crippen LogP contribution in [0, 0.1) is 11.8 Å². The second-order valence-electron chi connectivity index (χ2n) is 10.6. The maximum atomic E-state index is 11.9. The normalized spacial score (nSPS) is 13.0. The SMILES string of the molecule is CCCCC(CC)CNCNCCCCCCCCCCCCNC(=O)NCC(CC)CCCC. The van der Waals surface area contributed by atoms with E-state index in [1.807, 2.05) is 0 Å². The predicted octanol–water partition coefficient (Wildman–Crippen LogP) is 7.76. The van der Waals surface area contributed by atoms with Gasteiger partial charge in [-0.15, -0.1) is 0 Å². The van der Waals surface area contributed by atoms with E-state index in [-0.39, 0.29) is 6.03 Å². The van der Waals surface area contributed by atoms with Gasteiger partial charge in [0, 0.05) is 19.8 Å². The average Bonchev–Trinajstić information content (AvgIpc) is 2.87. The molecule has 2 atom stereocenters. The van der Waals surface area contributed by atoms with E-state index in [9.17, 15) is 4.79 Å². The van der Waals surface area contributed by atoms with Crippen LogP contribution in [0.2, 0.25) is 0 Å². The van der Waals surface area contributed by atoms with Crippen LogP contribution < -0.4 is 21.3 Å².